The molecule has 0 bridgehead atoms. The molecule has 1 amide bonds. The third kappa shape index (κ3) is 4.77. The smallest absolute Gasteiger partial charge is 0.274 e. The van der Waals surface area contributed by atoms with E-state index in [-0.39, 0.29) is 5.91 Å². The van der Waals surface area contributed by atoms with E-state index in [2.05, 4.69) is 21.5 Å². The maximum absolute atomic E-state index is 13.1. The van der Waals surface area contributed by atoms with Crippen LogP contribution in [0.5, 0.6) is 0 Å². The molecule has 7 heteroatoms. The van der Waals surface area contributed by atoms with E-state index < -0.39 is 0 Å². The minimum atomic E-state index is 0.119. The number of amides is 1. The Balaban J connectivity index is 1.74. The van der Waals surface area contributed by atoms with Gasteiger partial charge in [0.1, 0.15) is 0 Å². The summed E-state index contributed by atoms with van der Waals surface area (Å²) in [6.07, 6.45) is 10.4. The standard InChI is InChI=1S/C20H32N6O/c1-2-11-26-18-7-14-24(15-10-22-9-6-8-21)16-17(18)19(23-26)20(27)25-12-4-3-5-13-25/h6,8-9H,2-5,7,10-16,21H2,1H3/b8-6-,22-9?. The zero-order chi connectivity index (χ0) is 19.1. The van der Waals surface area contributed by atoms with Crippen LogP contribution in [0, 0.1) is 0 Å². The van der Waals surface area contributed by atoms with Crippen LogP contribution in [0.1, 0.15) is 54.4 Å². The Labute approximate surface area is 161 Å². The first-order valence-corrected chi connectivity index (χ1v) is 10.2. The molecular weight excluding hydrogens is 340 g/mol. The van der Waals surface area contributed by atoms with E-state index in [9.17, 15) is 4.79 Å². The van der Waals surface area contributed by atoms with Crippen molar-refractivity contribution in [2.24, 2.45) is 10.7 Å². The van der Waals surface area contributed by atoms with Crippen molar-refractivity contribution in [1.29, 1.82) is 0 Å². The molecule has 7 nitrogen and oxygen atoms in total. The molecule has 148 valence electrons. The SMILES string of the molecule is CCCn1nc(C(=O)N2CCCCC2)c2c1CCN(CCN=C/C=C\N)C2. The molecule has 1 saturated heterocycles. The van der Waals surface area contributed by atoms with Crippen molar-refractivity contribution < 1.29 is 4.79 Å². The maximum atomic E-state index is 13.1. The zero-order valence-corrected chi connectivity index (χ0v) is 16.4. The van der Waals surface area contributed by atoms with Crippen LogP contribution in [0.15, 0.2) is 17.3 Å². The number of nitrogens with two attached hydrogens (primary N) is 1. The summed E-state index contributed by atoms with van der Waals surface area (Å²) in [5, 5.41) is 4.76. The van der Waals surface area contributed by atoms with Crippen molar-refractivity contribution >= 4 is 12.1 Å². The van der Waals surface area contributed by atoms with E-state index in [1.165, 1.54) is 18.3 Å². The summed E-state index contributed by atoms with van der Waals surface area (Å²) in [6.45, 7) is 8.15. The summed E-state index contributed by atoms with van der Waals surface area (Å²) in [6, 6.07) is 0. The van der Waals surface area contributed by atoms with Crippen molar-refractivity contribution in [2.75, 3.05) is 32.7 Å². The number of rotatable bonds is 7. The molecule has 0 aromatic carbocycles. The Bertz CT molecular complexity index is 687. The van der Waals surface area contributed by atoms with Crippen LogP contribution in [0.2, 0.25) is 0 Å². The van der Waals surface area contributed by atoms with Gasteiger partial charge in [0.15, 0.2) is 5.69 Å². The number of hydrogen-bond donors (Lipinski definition) is 1. The number of aliphatic imine (C=N–C) groups is 1. The van der Waals surface area contributed by atoms with E-state index in [0.29, 0.717) is 5.69 Å². The minimum absolute atomic E-state index is 0.119. The predicted octanol–water partition coefficient (Wildman–Crippen LogP) is 1.82. The van der Waals surface area contributed by atoms with Crippen molar-refractivity contribution in [3.8, 4) is 0 Å². The highest BCUT2D eigenvalue weighted by Gasteiger charge is 2.30. The molecule has 1 aromatic rings. The molecule has 0 aliphatic carbocycles. The highest BCUT2D eigenvalue weighted by atomic mass is 16.2. The van der Waals surface area contributed by atoms with Gasteiger partial charge >= 0.3 is 0 Å². The lowest BCUT2D eigenvalue weighted by Gasteiger charge is -2.29. The van der Waals surface area contributed by atoms with Crippen LogP contribution in [0.3, 0.4) is 0 Å². The molecule has 27 heavy (non-hydrogen) atoms. The van der Waals surface area contributed by atoms with Gasteiger partial charge < -0.3 is 10.6 Å². The third-order valence-corrected chi connectivity index (χ3v) is 5.34. The fourth-order valence-corrected chi connectivity index (χ4v) is 3.94. The van der Waals surface area contributed by atoms with E-state index in [1.807, 2.05) is 4.90 Å². The number of likely N-dealkylation sites (tertiary alicyclic amines) is 1. The fourth-order valence-electron chi connectivity index (χ4n) is 3.94. The first-order chi connectivity index (χ1) is 13.2. The van der Waals surface area contributed by atoms with Gasteiger partial charge in [0.2, 0.25) is 0 Å². The molecular formula is C20H32N6O. The maximum Gasteiger partial charge on any atom is 0.274 e. The average molecular weight is 373 g/mol. The fraction of sp³-hybridized carbons (Fsp3) is 0.650. The van der Waals surface area contributed by atoms with E-state index in [4.69, 9.17) is 10.8 Å². The Hall–Kier alpha value is -2.15. The van der Waals surface area contributed by atoms with Crippen LogP contribution in [0.25, 0.3) is 0 Å². The largest absolute Gasteiger partial charge is 0.405 e. The number of fused-ring (bicyclic) bond motifs is 1. The molecule has 3 heterocycles. The molecule has 2 N–H and O–H groups in total. The summed E-state index contributed by atoms with van der Waals surface area (Å²) in [5.74, 6) is 0.119. The van der Waals surface area contributed by atoms with Crippen LogP contribution in [-0.4, -0.2) is 64.4 Å². The predicted molar refractivity (Wildman–Crippen MR) is 108 cm³/mol. The molecule has 0 unspecified atom stereocenters. The van der Waals surface area contributed by atoms with Gasteiger partial charge in [-0.1, -0.05) is 6.92 Å². The molecule has 3 rings (SSSR count). The zero-order valence-electron chi connectivity index (χ0n) is 16.4. The quantitative estimate of drug-likeness (QED) is 0.741. The molecule has 0 saturated carbocycles. The van der Waals surface area contributed by atoms with Gasteiger partial charge in [0.05, 0.1) is 6.54 Å². The van der Waals surface area contributed by atoms with Crippen molar-refractivity contribution in [2.45, 2.75) is 52.1 Å². The molecule has 1 fully saturated rings. The van der Waals surface area contributed by atoms with Gasteiger partial charge in [0.25, 0.3) is 5.91 Å². The van der Waals surface area contributed by atoms with Gasteiger partial charge in [-0.15, -0.1) is 0 Å². The average Bonchev–Trinajstić information content (AvgIpc) is 3.06. The summed E-state index contributed by atoms with van der Waals surface area (Å²) >= 11 is 0. The van der Waals surface area contributed by atoms with Crippen molar-refractivity contribution in [3.63, 3.8) is 0 Å². The Kier molecular flexibility index (Phi) is 7.04. The van der Waals surface area contributed by atoms with Gasteiger partial charge in [-0.2, -0.15) is 5.10 Å². The number of carbonyl (C=O) groups is 1. The molecule has 1 aromatic heterocycles. The van der Waals surface area contributed by atoms with Gasteiger partial charge in [-0.05, 0) is 38.0 Å². The second-order valence-electron chi connectivity index (χ2n) is 7.32. The summed E-state index contributed by atoms with van der Waals surface area (Å²) in [4.78, 5) is 21.8. The number of carbonyl (C=O) groups excluding carboxylic acids is 1. The lowest BCUT2D eigenvalue weighted by molar-refractivity contribution is 0.0715. The lowest BCUT2D eigenvalue weighted by Crippen LogP contribution is -2.38. The monoisotopic (exact) mass is 372 g/mol. The van der Waals surface area contributed by atoms with E-state index >= 15 is 0 Å². The number of aromatic nitrogens is 2. The summed E-state index contributed by atoms with van der Waals surface area (Å²) in [7, 11) is 0. The summed E-state index contributed by atoms with van der Waals surface area (Å²) in [5.41, 5.74) is 8.38. The van der Waals surface area contributed by atoms with Gasteiger partial charge in [-0.25, -0.2) is 0 Å². The van der Waals surface area contributed by atoms with Crippen LogP contribution >= 0.6 is 0 Å². The Morgan fingerprint density at radius 3 is 2.78 bits per heavy atom. The normalized spacial score (nSPS) is 18.5. The second-order valence-corrected chi connectivity index (χ2v) is 7.32. The topological polar surface area (TPSA) is 79.8 Å². The highest BCUT2D eigenvalue weighted by molar-refractivity contribution is 5.94. The second kappa shape index (κ2) is 9.69. The van der Waals surface area contributed by atoms with Crippen molar-refractivity contribution in [1.82, 2.24) is 19.6 Å². The van der Waals surface area contributed by atoms with Crippen LogP contribution in [0.4, 0.5) is 0 Å². The van der Waals surface area contributed by atoms with Gasteiger partial charge in [0, 0.05) is 63.2 Å². The van der Waals surface area contributed by atoms with Crippen molar-refractivity contribution in [3.05, 3.63) is 29.2 Å². The van der Waals surface area contributed by atoms with Crippen LogP contribution < -0.4 is 5.73 Å². The number of allylic oxidation sites excluding steroid dienone is 1. The molecule has 2 aliphatic rings. The molecule has 0 radical (unpaired) electrons. The first kappa shape index (κ1) is 19.6. The third-order valence-electron chi connectivity index (χ3n) is 5.34. The Morgan fingerprint density at radius 2 is 2.04 bits per heavy atom. The number of hydrogen-bond acceptors (Lipinski definition) is 5. The lowest BCUT2D eigenvalue weighted by atomic mass is 10.0. The first-order valence-electron chi connectivity index (χ1n) is 10.2. The number of nitrogens with zero attached hydrogens (tertiary/aromatic N) is 5. The number of piperidine rings is 1. The minimum Gasteiger partial charge on any atom is -0.405 e. The highest BCUT2D eigenvalue weighted by Crippen LogP contribution is 2.25. The van der Waals surface area contributed by atoms with Gasteiger partial charge in [-0.3, -0.25) is 19.4 Å². The van der Waals surface area contributed by atoms with Crippen LogP contribution in [-0.2, 0) is 19.5 Å². The summed E-state index contributed by atoms with van der Waals surface area (Å²) < 4.78 is 2.08. The van der Waals surface area contributed by atoms with E-state index in [1.54, 1.807) is 12.3 Å². The Morgan fingerprint density at radius 1 is 1.22 bits per heavy atom. The molecule has 2 aliphatic heterocycles. The molecule has 0 atom stereocenters. The molecule has 0 spiro atoms. The van der Waals surface area contributed by atoms with E-state index in [0.717, 1.165) is 77.1 Å². The number of aryl methyl sites for hydroxylation is 1.